The van der Waals surface area contributed by atoms with Gasteiger partial charge in [-0.2, -0.15) is 0 Å². The minimum Gasteiger partial charge on any atom is -0.378 e. The monoisotopic (exact) mass is 476 g/mol. The van der Waals surface area contributed by atoms with Gasteiger partial charge in [0.05, 0.1) is 18.8 Å². The average molecular weight is 477 g/mol. The summed E-state index contributed by atoms with van der Waals surface area (Å²) < 4.78 is 5.40. The van der Waals surface area contributed by atoms with Crippen molar-refractivity contribution < 1.29 is 14.3 Å². The molecule has 0 radical (unpaired) electrons. The third-order valence-corrected chi connectivity index (χ3v) is 6.52. The van der Waals surface area contributed by atoms with E-state index in [9.17, 15) is 9.59 Å². The van der Waals surface area contributed by atoms with Crippen LogP contribution in [-0.4, -0.2) is 61.1 Å². The molecule has 176 valence electrons. The molecule has 7 nitrogen and oxygen atoms in total. The summed E-state index contributed by atoms with van der Waals surface area (Å²) in [5.74, 6) is -0.456. The smallest absolute Gasteiger partial charge is 0.257 e. The second-order valence-electron chi connectivity index (χ2n) is 7.79. The average Bonchev–Trinajstić information content (AvgIpc) is 2.89. The standard InChI is InChI=1S/C26H28N4O3S/c1-2-29(26(32)23-9-6-14-27-25(23)34-22-7-4-3-5-8-22)19-24(31)28-20-10-12-21(13-11-20)30-15-17-33-18-16-30/h3-14H,2,15-19H2,1H3,(H,28,31). The van der Waals surface area contributed by atoms with Crippen LogP contribution in [0.2, 0.25) is 0 Å². The van der Waals surface area contributed by atoms with E-state index in [0.717, 1.165) is 36.9 Å². The van der Waals surface area contributed by atoms with Crippen molar-refractivity contribution >= 4 is 35.0 Å². The Balaban J connectivity index is 1.39. The van der Waals surface area contributed by atoms with E-state index in [2.05, 4.69) is 15.2 Å². The molecule has 0 saturated carbocycles. The van der Waals surface area contributed by atoms with Gasteiger partial charge < -0.3 is 19.9 Å². The lowest BCUT2D eigenvalue weighted by Crippen LogP contribution is -2.38. The Kier molecular flexibility index (Phi) is 8.17. The molecule has 2 aromatic carbocycles. The molecular formula is C26H28N4O3S. The number of hydrogen-bond donors (Lipinski definition) is 1. The quantitative estimate of drug-likeness (QED) is 0.526. The highest BCUT2D eigenvalue weighted by Crippen LogP contribution is 2.29. The predicted octanol–water partition coefficient (Wildman–Crippen LogP) is 4.17. The van der Waals surface area contributed by atoms with E-state index < -0.39 is 0 Å². The summed E-state index contributed by atoms with van der Waals surface area (Å²) in [6, 6.07) is 21.0. The highest BCUT2D eigenvalue weighted by molar-refractivity contribution is 7.99. The first-order valence-corrected chi connectivity index (χ1v) is 12.2. The zero-order valence-corrected chi connectivity index (χ0v) is 20.0. The molecule has 3 aromatic rings. The van der Waals surface area contributed by atoms with Gasteiger partial charge in [-0.1, -0.05) is 30.0 Å². The first kappa shape index (κ1) is 23.8. The van der Waals surface area contributed by atoms with Crippen LogP contribution in [0.3, 0.4) is 0 Å². The molecule has 0 atom stereocenters. The van der Waals surface area contributed by atoms with Crippen molar-refractivity contribution in [2.24, 2.45) is 0 Å². The van der Waals surface area contributed by atoms with Gasteiger partial charge >= 0.3 is 0 Å². The van der Waals surface area contributed by atoms with Crippen molar-refractivity contribution in [2.75, 3.05) is 49.6 Å². The Hall–Kier alpha value is -3.36. The summed E-state index contributed by atoms with van der Waals surface area (Å²) in [4.78, 5) is 35.2. The molecule has 1 N–H and O–H groups in total. The van der Waals surface area contributed by atoms with Crippen molar-refractivity contribution in [1.29, 1.82) is 0 Å². The minimum absolute atomic E-state index is 0.0368. The number of aromatic nitrogens is 1. The van der Waals surface area contributed by atoms with Crippen LogP contribution in [-0.2, 0) is 9.53 Å². The number of pyridine rings is 1. The molecule has 0 spiro atoms. The number of amides is 2. The van der Waals surface area contributed by atoms with E-state index in [0.29, 0.717) is 22.8 Å². The largest absolute Gasteiger partial charge is 0.378 e. The number of carbonyl (C=O) groups is 2. The van der Waals surface area contributed by atoms with Gasteiger partial charge in [0.25, 0.3) is 5.91 Å². The Morgan fingerprint density at radius 3 is 2.47 bits per heavy atom. The number of carbonyl (C=O) groups excluding carboxylic acids is 2. The lowest BCUT2D eigenvalue weighted by atomic mass is 10.2. The summed E-state index contributed by atoms with van der Waals surface area (Å²) in [5, 5.41) is 3.52. The van der Waals surface area contributed by atoms with Crippen LogP contribution in [0.4, 0.5) is 11.4 Å². The molecule has 0 aliphatic carbocycles. The molecule has 34 heavy (non-hydrogen) atoms. The molecule has 1 aliphatic rings. The summed E-state index contributed by atoms with van der Waals surface area (Å²) in [6.07, 6.45) is 1.67. The van der Waals surface area contributed by atoms with Gasteiger partial charge in [0, 0.05) is 42.1 Å². The molecule has 1 aliphatic heterocycles. The molecule has 1 aromatic heterocycles. The van der Waals surface area contributed by atoms with Gasteiger partial charge in [-0.3, -0.25) is 9.59 Å². The maximum atomic E-state index is 13.3. The number of ether oxygens (including phenoxy) is 1. The fourth-order valence-corrected chi connectivity index (χ4v) is 4.58. The Morgan fingerprint density at radius 2 is 1.76 bits per heavy atom. The van der Waals surface area contributed by atoms with Crippen LogP contribution in [0.1, 0.15) is 17.3 Å². The van der Waals surface area contributed by atoms with E-state index in [1.54, 1.807) is 18.3 Å². The van der Waals surface area contributed by atoms with E-state index in [4.69, 9.17) is 4.74 Å². The molecule has 1 fully saturated rings. The third kappa shape index (κ3) is 6.15. The molecule has 2 amide bonds. The van der Waals surface area contributed by atoms with Crippen LogP contribution in [0.5, 0.6) is 0 Å². The van der Waals surface area contributed by atoms with Crippen LogP contribution in [0.15, 0.2) is 82.8 Å². The number of likely N-dealkylation sites (N-methyl/N-ethyl adjacent to an activating group) is 1. The normalized spacial score (nSPS) is 13.4. The maximum absolute atomic E-state index is 13.3. The number of hydrogen-bond acceptors (Lipinski definition) is 6. The second-order valence-corrected chi connectivity index (χ2v) is 8.85. The van der Waals surface area contributed by atoms with Gasteiger partial charge in [-0.05, 0) is 55.5 Å². The van der Waals surface area contributed by atoms with E-state index in [-0.39, 0.29) is 18.4 Å². The maximum Gasteiger partial charge on any atom is 0.257 e. The minimum atomic E-state index is -0.240. The number of rotatable bonds is 8. The fourth-order valence-electron chi connectivity index (χ4n) is 3.68. The number of benzene rings is 2. The summed E-state index contributed by atoms with van der Waals surface area (Å²) >= 11 is 1.43. The molecule has 8 heteroatoms. The number of anilines is 2. The van der Waals surface area contributed by atoms with Gasteiger partial charge in [0.15, 0.2) is 0 Å². The predicted molar refractivity (Wildman–Crippen MR) is 134 cm³/mol. The van der Waals surface area contributed by atoms with Gasteiger partial charge in [0.1, 0.15) is 11.6 Å². The van der Waals surface area contributed by atoms with Crippen LogP contribution >= 0.6 is 11.8 Å². The Bertz CT molecular complexity index is 1100. The zero-order chi connectivity index (χ0) is 23.8. The van der Waals surface area contributed by atoms with Gasteiger partial charge in [0.2, 0.25) is 5.91 Å². The summed E-state index contributed by atoms with van der Waals surface area (Å²) in [6.45, 7) is 5.40. The Labute approximate surface area is 204 Å². The summed E-state index contributed by atoms with van der Waals surface area (Å²) in [7, 11) is 0. The third-order valence-electron chi connectivity index (χ3n) is 5.49. The van der Waals surface area contributed by atoms with E-state index >= 15 is 0 Å². The molecular weight excluding hydrogens is 448 g/mol. The molecule has 0 bridgehead atoms. The number of nitrogens with zero attached hydrogens (tertiary/aromatic N) is 3. The Morgan fingerprint density at radius 1 is 1.03 bits per heavy atom. The first-order chi connectivity index (χ1) is 16.6. The van der Waals surface area contributed by atoms with Crippen molar-refractivity contribution in [1.82, 2.24) is 9.88 Å². The van der Waals surface area contributed by atoms with Crippen LogP contribution < -0.4 is 10.2 Å². The van der Waals surface area contributed by atoms with E-state index in [1.165, 1.54) is 16.7 Å². The highest BCUT2D eigenvalue weighted by Gasteiger charge is 2.21. The lowest BCUT2D eigenvalue weighted by Gasteiger charge is -2.29. The SMILES string of the molecule is CCN(CC(=O)Nc1ccc(N2CCOCC2)cc1)C(=O)c1cccnc1Sc1ccccc1. The van der Waals surface area contributed by atoms with Crippen molar-refractivity contribution in [2.45, 2.75) is 16.8 Å². The number of morpholine rings is 1. The molecule has 1 saturated heterocycles. The van der Waals surface area contributed by atoms with Gasteiger partial charge in [-0.15, -0.1) is 0 Å². The fraction of sp³-hybridized carbons (Fsp3) is 0.269. The lowest BCUT2D eigenvalue weighted by molar-refractivity contribution is -0.116. The first-order valence-electron chi connectivity index (χ1n) is 11.3. The number of nitrogens with one attached hydrogen (secondary N) is 1. The molecule has 2 heterocycles. The second kappa shape index (κ2) is 11.7. The molecule has 0 unspecified atom stereocenters. The van der Waals surface area contributed by atoms with Crippen molar-refractivity contribution in [3.8, 4) is 0 Å². The van der Waals surface area contributed by atoms with Crippen molar-refractivity contribution in [3.63, 3.8) is 0 Å². The summed E-state index contributed by atoms with van der Waals surface area (Å²) in [5.41, 5.74) is 2.29. The topological polar surface area (TPSA) is 74.8 Å². The zero-order valence-electron chi connectivity index (χ0n) is 19.1. The van der Waals surface area contributed by atoms with Gasteiger partial charge in [-0.25, -0.2) is 4.98 Å². The highest BCUT2D eigenvalue weighted by atomic mass is 32.2. The molecule has 4 rings (SSSR count). The van der Waals surface area contributed by atoms with Crippen molar-refractivity contribution in [3.05, 3.63) is 78.5 Å². The van der Waals surface area contributed by atoms with Crippen LogP contribution in [0, 0.1) is 0 Å². The van der Waals surface area contributed by atoms with E-state index in [1.807, 2.05) is 61.5 Å². The van der Waals surface area contributed by atoms with Crippen LogP contribution in [0.25, 0.3) is 0 Å².